The van der Waals surface area contributed by atoms with Gasteiger partial charge in [0.2, 0.25) is 10.0 Å². The molecule has 1 aromatic carbocycles. The van der Waals surface area contributed by atoms with Crippen molar-refractivity contribution in [3.8, 4) is 0 Å². The molecule has 1 aliphatic carbocycles. The average molecular weight is 405 g/mol. The lowest BCUT2D eigenvalue weighted by molar-refractivity contribution is 0.407. The molecule has 1 fully saturated rings. The van der Waals surface area contributed by atoms with Gasteiger partial charge in [0.25, 0.3) is 0 Å². The number of sulfonamides is 1. The molecule has 0 amide bonds. The molecular weight excluding hydrogens is 380 g/mol. The summed E-state index contributed by atoms with van der Waals surface area (Å²) in [6, 6.07) is 11.2. The monoisotopic (exact) mass is 404 g/mol. The number of aromatic nitrogens is 1. The van der Waals surface area contributed by atoms with Crippen LogP contribution in [-0.2, 0) is 15.6 Å². The first-order valence-corrected chi connectivity index (χ1v) is 11.1. The number of pyridine rings is 1. The minimum absolute atomic E-state index is 0.209. The zero-order chi connectivity index (χ0) is 19.5. The van der Waals surface area contributed by atoms with Gasteiger partial charge in [0.05, 0.1) is 17.5 Å². The summed E-state index contributed by atoms with van der Waals surface area (Å²) in [5.74, 6) is 0. The summed E-state index contributed by atoms with van der Waals surface area (Å²) in [6.07, 6.45) is 9.11. The number of hydrogen-bond donors (Lipinski definition) is 2. The van der Waals surface area contributed by atoms with Crippen molar-refractivity contribution in [1.82, 2.24) is 10.3 Å². The van der Waals surface area contributed by atoms with E-state index in [-0.39, 0.29) is 5.54 Å². The summed E-state index contributed by atoms with van der Waals surface area (Å²) in [6.45, 7) is 0. The number of anilines is 2. The molecule has 2 N–H and O–H groups in total. The predicted octanol–water partition coefficient (Wildman–Crippen LogP) is 3.23. The summed E-state index contributed by atoms with van der Waals surface area (Å²) in [7, 11) is -1.79. The van der Waals surface area contributed by atoms with E-state index in [1.54, 1.807) is 24.4 Å². The van der Waals surface area contributed by atoms with E-state index in [0.717, 1.165) is 36.9 Å². The Morgan fingerprint density at radius 3 is 2.59 bits per heavy atom. The number of nitrogens with one attached hydrogen (secondary N) is 2. The highest BCUT2D eigenvalue weighted by Crippen LogP contribution is 2.38. The Morgan fingerprint density at radius 2 is 1.96 bits per heavy atom. The molecule has 1 saturated carbocycles. The molecule has 0 aliphatic heterocycles. The average Bonchev–Trinajstić information content (AvgIpc) is 3.11. The van der Waals surface area contributed by atoms with Crippen molar-refractivity contribution in [3.05, 3.63) is 54.4 Å². The van der Waals surface area contributed by atoms with Gasteiger partial charge in [-0.2, -0.15) is 0 Å². The van der Waals surface area contributed by atoms with Crippen LogP contribution in [0.4, 0.5) is 11.4 Å². The van der Waals surface area contributed by atoms with Crippen molar-refractivity contribution in [1.29, 1.82) is 0 Å². The van der Waals surface area contributed by atoms with Crippen molar-refractivity contribution >= 4 is 38.7 Å². The molecule has 0 unspecified atom stereocenters. The number of thiocarbonyl (C=S) groups is 1. The van der Waals surface area contributed by atoms with E-state index in [0.29, 0.717) is 10.8 Å². The molecule has 2 aromatic rings. The number of hydrogen-bond acceptors (Lipinski definition) is 4. The van der Waals surface area contributed by atoms with E-state index >= 15 is 0 Å². The Kier molecular flexibility index (Phi) is 5.67. The highest BCUT2D eigenvalue weighted by Gasteiger charge is 2.36. The number of rotatable bonds is 5. The van der Waals surface area contributed by atoms with Gasteiger partial charge >= 0.3 is 0 Å². The van der Waals surface area contributed by atoms with Crippen LogP contribution in [0.15, 0.2) is 48.8 Å². The van der Waals surface area contributed by atoms with Crippen LogP contribution in [0.1, 0.15) is 31.2 Å². The Hall–Kier alpha value is -2.19. The molecule has 0 radical (unpaired) electrons. The van der Waals surface area contributed by atoms with E-state index in [4.69, 9.17) is 12.2 Å². The van der Waals surface area contributed by atoms with Gasteiger partial charge in [0, 0.05) is 25.1 Å². The largest absolute Gasteiger partial charge is 0.353 e. The lowest BCUT2D eigenvalue weighted by atomic mass is 9.89. The Balaban J connectivity index is 1.76. The molecule has 8 heteroatoms. The van der Waals surface area contributed by atoms with Gasteiger partial charge in [0.15, 0.2) is 5.11 Å². The Bertz CT molecular complexity index is 910. The van der Waals surface area contributed by atoms with Crippen molar-refractivity contribution in [2.45, 2.75) is 31.2 Å². The van der Waals surface area contributed by atoms with Crippen LogP contribution in [0.25, 0.3) is 0 Å². The first-order valence-electron chi connectivity index (χ1n) is 8.84. The maximum atomic E-state index is 11.8. The zero-order valence-corrected chi connectivity index (χ0v) is 17.1. The molecule has 3 rings (SSSR count). The molecule has 0 spiro atoms. The lowest BCUT2D eigenvalue weighted by Gasteiger charge is -2.32. The third-order valence-electron chi connectivity index (χ3n) is 4.99. The minimum Gasteiger partial charge on any atom is -0.353 e. The van der Waals surface area contributed by atoms with Crippen LogP contribution in [0.5, 0.6) is 0 Å². The van der Waals surface area contributed by atoms with E-state index in [2.05, 4.69) is 21.7 Å². The molecule has 27 heavy (non-hydrogen) atoms. The van der Waals surface area contributed by atoms with Gasteiger partial charge in [-0.3, -0.25) is 9.29 Å². The molecule has 0 bridgehead atoms. The quantitative estimate of drug-likeness (QED) is 0.746. The van der Waals surface area contributed by atoms with E-state index < -0.39 is 10.0 Å². The van der Waals surface area contributed by atoms with Crippen molar-refractivity contribution in [2.24, 2.45) is 0 Å². The fourth-order valence-electron chi connectivity index (χ4n) is 3.46. The second kappa shape index (κ2) is 7.82. The highest BCUT2D eigenvalue weighted by molar-refractivity contribution is 7.92. The summed E-state index contributed by atoms with van der Waals surface area (Å²) in [5.41, 5.74) is 2.24. The fourth-order valence-corrected chi connectivity index (χ4v) is 4.27. The predicted molar refractivity (Wildman–Crippen MR) is 113 cm³/mol. The third-order valence-corrected chi connectivity index (χ3v) is 6.40. The minimum atomic E-state index is -3.32. The molecule has 6 nitrogen and oxygen atoms in total. The normalized spacial score (nSPS) is 15.9. The van der Waals surface area contributed by atoms with Gasteiger partial charge in [-0.05, 0) is 54.9 Å². The van der Waals surface area contributed by atoms with E-state index in [9.17, 15) is 8.42 Å². The number of benzene rings is 1. The van der Waals surface area contributed by atoms with E-state index in [1.165, 1.54) is 17.6 Å². The lowest BCUT2D eigenvalue weighted by Crippen LogP contribution is -2.45. The SMILES string of the molecule is CN(c1cccc(NC(=S)NC2(c3cccnc3)CCCC2)c1)S(C)(=O)=O. The summed E-state index contributed by atoms with van der Waals surface area (Å²) in [4.78, 5) is 4.25. The zero-order valence-electron chi connectivity index (χ0n) is 15.5. The molecule has 0 saturated heterocycles. The van der Waals surface area contributed by atoms with Crippen molar-refractivity contribution in [2.75, 3.05) is 22.9 Å². The fraction of sp³-hybridized carbons (Fsp3) is 0.368. The Labute approximate surface area is 166 Å². The maximum Gasteiger partial charge on any atom is 0.231 e. The van der Waals surface area contributed by atoms with Gasteiger partial charge in [0.1, 0.15) is 0 Å². The standard InChI is InChI=1S/C19H24N4O2S2/c1-23(27(2,24)25)17-9-5-8-16(13-17)21-18(26)22-19(10-3-4-11-19)15-7-6-12-20-14-15/h5-9,12-14H,3-4,10-11H2,1-2H3,(H2,21,22,26). The second-order valence-corrected chi connectivity index (χ2v) is 9.31. The van der Waals surface area contributed by atoms with Gasteiger partial charge < -0.3 is 10.6 Å². The van der Waals surface area contributed by atoms with Crippen LogP contribution < -0.4 is 14.9 Å². The first-order chi connectivity index (χ1) is 12.8. The first kappa shape index (κ1) is 19.6. The Morgan fingerprint density at radius 1 is 1.22 bits per heavy atom. The molecule has 1 aliphatic rings. The highest BCUT2D eigenvalue weighted by atomic mass is 32.2. The van der Waals surface area contributed by atoms with Crippen LogP contribution in [0.2, 0.25) is 0 Å². The maximum absolute atomic E-state index is 11.8. The van der Waals surface area contributed by atoms with Crippen molar-refractivity contribution < 1.29 is 8.42 Å². The summed E-state index contributed by atoms with van der Waals surface area (Å²) >= 11 is 5.55. The summed E-state index contributed by atoms with van der Waals surface area (Å²) < 4.78 is 24.8. The molecular formula is C19H24N4O2S2. The molecule has 144 valence electrons. The number of nitrogens with zero attached hydrogens (tertiary/aromatic N) is 2. The van der Waals surface area contributed by atoms with Gasteiger partial charge in [-0.15, -0.1) is 0 Å². The molecule has 1 aromatic heterocycles. The topological polar surface area (TPSA) is 74.3 Å². The second-order valence-electron chi connectivity index (χ2n) is 6.89. The smallest absolute Gasteiger partial charge is 0.231 e. The van der Waals surface area contributed by atoms with Crippen LogP contribution >= 0.6 is 12.2 Å². The summed E-state index contributed by atoms with van der Waals surface area (Å²) in [5, 5.41) is 7.19. The molecule has 1 heterocycles. The van der Waals surface area contributed by atoms with Crippen LogP contribution in [0, 0.1) is 0 Å². The molecule has 0 atom stereocenters. The van der Waals surface area contributed by atoms with Crippen molar-refractivity contribution in [3.63, 3.8) is 0 Å². The third kappa shape index (κ3) is 4.56. The van der Waals surface area contributed by atoms with E-state index in [1.807, 2.05) is 18.3 Å². The van der Waals surface area contributed by atoms with Gasteiger partial charge in [-0.25, -0.2) is 8.42 Å². The van der Waals surface area contributed by atoms with Gasteiger partial charge in [-0.1, -0.05) is 25.0 Å². The van der Waals surface area contributed by atoms with Crippen LogP contribution in [0.3, 0.4) is 0 Å². The van der Waals surface area contributed by atoms with Crippen LogP contribution in [-0.4, -0.2) is 31.8 Å².